The fraction of sp³-hybridized carbons (Fsp3) is 0.150. The number of hydrogen-bond acceptors (Lipinski definition) is 3. The molecule has 1 atom stereocenters. The Hall–Kier alpha value is -3.01. The minimum Gasteiger partial charge on any atom is -0.467 e. The lowest BCUT2D eigenvalue weighted by atomic mass is 10.0. The van der Waals surface area contributed by atoms with Gasteiger partial charge in [-0.1, -0.05) is 30.3 Å². The zero-order valence-corrected chi connectivity index (χ0v) is 13.8. The first kappa shape index (κ1) is 15.9. The second-order valence-electron chi connectivity index (χ2n) is 5.77. The van der Waals surface area contributed by atoms with Crippen LogP contribution in [0.2, 0.25) is 0 Å². The van der Waals surface area contributed by atoms with Gasteiger partial charge < -0.3 is 14.6 Å². The van der Waals surface area contributed by atoms with Crippen molar-refractivity contribution >= 4 is 11.6 Å². The number of nitrogens with one attached hydrogen (secondary N) is 1. The van der Waals surface area contributed by atoms with E-state index in [0.29, 0.717) is 11.3 Å². The highest BCUT2D eigenvalue weighted by Crippen LogP contribution is 2.23. The highest BCUT2D eigenvalue weighted by Gasteiger charge is 2.20. The number of furan rings is 1. The van der Waals surface area contributed by atoms with Gasteiger partial charge in [0.15, 0.2) is 0 Å². The van der Waals surface area contributed by atoms with Gasteiger partial charge in [0.05, 0.1) is 6.26 Å². The summed E-state index contributed by atoms with van der Waals surface area (Å²) in [5, 5.41) is 3.05. The first-order valence-corrected chi connectivity index (χ1v) is 7.82. The van der Waals surface area contributed by atoms with Crippen molar-refractivity contribution in [3.8, 4) is 0 Å². The number of amides is 1. The van der Waals surface area contributed by atoms with Crippen molar-refractivity contribution in [2.75, 3.05) is 19.0 Å². The van der Waals surface area contributed by atoms with Gasteiger partial charge in [-0.05, 0) is 42.0 Å². The average molecular weight is 320 g/mol. The maximum Gasteiger partial charge on any atom is 0.252 e. The van der Waals surface area contributed by atoms with Crippen LogP contribution in [0.15, 0.2) is 77.4 Å². The molecule has 0 aliphatic rings. The number of anilines is 1. The van der Waals surface area contributed by atoms with Gasteiger partial charge >= 0.3 is 0 Å². The molecule has 122 valence electrons. The number of benzene rings is 2. The molecule has 0 fully saturated rings. The highest BCUT2D eigenvalue weighted by molar-refractivity contribution is 5.95. The first-order chi connectivity index (χ1) is 11.6. The van der Waals surface area contributed by atoms with Crippen LogP contribution in [0, 0.1) is 0 Å². The lowest BCUT2D eigenvalue weighted by Gasteiger charge is -2.18. The van der Waals surface area contributed by atoms with Crippen molar-refractivity contribution in [3.05, 3.63) is 89.9 Å². The van der Waals surface area contributed by atoms with Gasteiger partial charge in [-0.3, -0.25) is 4.79 Å². The van der Waals surface area contributed by atoms with Crippen molar-refractivity contribution < 1.29 is 9.21 Å². The molecule has 0 aliphatic heterocycles. The third-order valence-corrected chi connectivity index (χ3v) is 3.88. The fourth-order valence-electron chi connectivity index (χ4n) is 2.55. The molecule has 1 unspecified atom stereocenters. The van der Waals surface area contributed by atoms with Gasteiger partial charge in [0.25, 0.3) is 5.91 Å². The van der Waals surface area contributed by atoms with Crippen LogP contribution in [0.25, 0.3) is 0 Å². The van der Waals surface area contributed by atoms with Crippen molar-refractivity contribution in [1.82, 2.24) is 5.32 Å². The second kappa shape index (κ2) is 7.04. The van der Waals surface area contributed by atoms with Crippen molar-refractivity contribution in [1.29, 1.82) is 0 Å². The van der Waals surface area contributed by atoms with E-state index in [0.717, 1.165) is 11.3 Å². The molecule has 24 heavy (non-hydrogen) atoms. The van der Waals surface area contributed by atoms with Crippen LogP contribution < -0.4 is 10.2 Å². The van der Waals surface area contributed by atoms with Gasteiger partial charge in [-0.2, -0.15) is 0 Å². The molecule has 1 amide bonds. The molecule has 0 saturated carbocycles. The Labute approximate surface area is 141 Å². The molecule has 1 aromatic heterocycles. The summed E-state index contributed by atoms with van der Waals surface area (Å²) in [6.45, 7) is 0. The molecule has 1 N–H and O–H groups in total. The van der Waals surface area contributed by atoms with Crippen molar-refractivity contribution in [3.63, 3.8) is 0 Å². The largest absolute Gasteiger partial charge is 0.467 e. The Morgan fingerprint density at radius 3 is 2.25 bits per heavy atom. The van der Waals surface area contributed by atoms with Crippen LogP contribution in [0.1, 0.15) is 27.7 Å². The zero-order chi connectivity index (χ0) is 16.9. The molecule has 0 aliphatic carbocycles. The topological polar surface area (TPSA) is 45.5 Å². The second-order valence-corrected chi connectivity index (χ2v) is 5.77. The maximum absolute atomic E-state index is 12.6. The van der Waals surface area contributed by atoms with E-state index in [1.54, 1.807) is 6.26 Å². The summed E-state index contributed by atoms with van der Waals surface area (Å²) in [6.07, 6.45) is 1.61. The summed E-state index contributed by atoms with van der Waals surface area (Å²) in [5.74, 6) is 0.574. The molecule has 1 heterocycles. The molecule has 0 spiro atoms. The zero-order valence-electron chi connectivity index (χ0n) is 13.8. The monoisotopic (exact) mass is 320 g/mol. The van der Waals surface area contributed by atoms with E-state index in [1.165, 1.54) is 0 Å². The Kier molecular flexibility index (Phi) is 4.66. The molecule has 0 bridgehead atoms. The minimum atomic E-state index is -0.317. The Morgan fingerprint density at radius 1 is 0.958 bits per heavy atom. The predicted octanol–water partition coefficient (Wildman–Crippen LogP) is 3.87. The highest BCUT2D eigenvalue weighted by atomic mass is 16.3. The minimum absolute atomic E-state index is 0.134. The van der Waals surface area contributed by atoms with Crippen molar-refractivity contribution in [2.24, 2.45) is 0 Å². The molecular weight excluding hydrogens is 300 g/mol. The molecule has 3 rings (SSSR count). The predicted molar refractivity (Wildman–Crippen MR) is 95.2 cm³/mol. The summed E-state index contributed by atoms with van der Waals surface area (Å²) in [4.78, 5) is 14.6. The fourth-order valence-corrected chi connectivity index (χ4v) is 2.55. The van der Waals surface area contributed by atoms with Crippen LogP contribution in [-0.2, 0) is 0 Å². The van der Waals surface area contributed by atoms with E-state index in [2.05, 4.69) is 5.32 Å². The number of hydrogen-bond donors (Lipinski definition) is 1. The van der Waals surface area contributed by atoms with Gasteiger partial charge in [0.1, 0.15) is 11.8 Å². The lowest BCUT2D eigenvalue weighted by molar-refractivity contribution is 0.0939. The summed E-state index contributed by atoms with van der Waals surface area (Å²) in [5.41, 5.74) is 2.65. The van der Waals surface area contributed by atoms with Crippen molar-refractivity contribution in [2.45, 2.75) is 6.04 Å². The van der Waals surface area contributed by atoms with Crippen LogP contribution in [0.4, 0.5) is 5.69 Å². The molecule has 2 aromatic carbocycles. The third kappa shape index (κ3) is 3.49. The van der Waals surface area contributed by atoms with E-state index in [1.807, 2.05) is 85.7 Å². The van der Waals surface area contributed by atoms with E-state index in [4.69, 9.17) is 4.42 Å². The summed E-state index contributed by atoms with van der Waals surface area (Å²) in [6, 6.07) is 20.7. The summed E-state index contributed by atoms with van der Waals surface area (Å²) < 4.78 is 5.52. The van der Waals surface area contributed by atoms with Gasteiger partial charge in [0, 0.05) is 25.3 Å². The standard InChI is InChI=1S/C20H20N2O2/c1-22(2)17-12-10-16(11-13-17)20(23)21-19(18-9-6-14-24-18)15-7-4-3-5-8-15/h3-14,19H,1-2H3,(H,21,23). The van der Waals surface area contributed by atoms with Gasteiger partial charge in [-0.25, -0.2) is 0 Å². The van der Waals surface area contributed by atoms with Gasteiger partial charge in [-0.15, -0.1) is 0 Å². The Bertz CT molecular complexity index is 778. The quantitative estimate of drug-likeness (QED) is 0.776. The molecule has 4 nitrogen and oxygen atoms in total. The van der Waals surface area contributed by atoms with E-state index in [-0.39, 0.29) is 11.9 Å². The Balaban J connectivity index is 1.83. The Morgan fingerprint density at radius 2 is 1.67 bits per heavy atom. The van der Waals surface area contributed by atoms with Crippen LogP contribution in [0.3, 0.4) is 0 Å². The number of carbonyl (C=O) groups excluding carboxylic acids is 1. The van der Waals surface area contributed by atoms with Gasteiger partial charge in [0.2, 0.25) is 0 Å². The molecular formula is C20H20N2O2. The first-order valence-electron chi connectivity index (χ1n) is 7.82. The van der Waals surface area contributed by atoms with E-state index < -0.39 is 0 Å². The third-order valence-electron chi connectivity index (χ3n) is 3.88. The lowest BCUT2D eigenvalue weighted by Crippen LogP contribution is -2.29. The average Bonchev–Trinajstić information content (AvgIpc) is 3.14. The molecule has 4 heteroatoms. The smallest absolute Gasteiger partial charge is 0.252 e. The maximum atomic E-state index is 12.6. The van der Waals surface area contributed by atoms with Crippen LogP contribution >= 0.6 is 0 Å². The molecule has 3 aromatic rings. The van der Waals surface area contributed by atoms with E-state index >= 15 is 0 Å². The summed E-state index contributed by atoms with van der Waals surface area (Å²) in [7, 11) is 3.94. The normalized spacial score (nSPS) is 11.8. The van der Waals surface area contributed by atoms with Crippen LogP contribution in [-0.4, -0.2) is 20.0 Å². The number of nitrogens with zero attached hydrogens (tertiary/aromatic N) is 1. The molecule has 0 radical (unpaired) electrons. The van der Waals surface area contributed by atoms with E-state index in [9.17, 15) is 4.79 Å². The summed E-state index contributed by atoms with van der Waals surface area (Å²) >= 11 is 0. The number of carbonyl (C=O) groups is 1. The number of rotatable bonds is 5. The molecule has 0 saturated heterocycles. The SMILES string of the molecule is CN(C)c1ccc(C(=O)NC(c2ccccc2)c2ccco2)cc1. The van der Waals surface area contributed by atoms with Crippen LogP contribution in [0.5, 0.6) is 0 Å².